The minimum atomic E-state index is -0.305. The summed E-state index contributed by atoms with van der Waals surface area (Å²) in [5.41, 5.74) is 2.87. The number of halogens is 1. The first-order chi connectivity index (χ1) is 11.7. The normalized spacial score (nSPS) is 13.1. The minimum absolute atomic E-state index is 0.148. The molecule has 0 saturated heterocycles. The number of aliphatic hydroxyl groups excluding tert-OH is 1. The Bertz CT molecular complexity index is 874. The van der Waals surface area contributed by atoms with E-state index in [1.165, 1.54) is 12.1 Å². The lowest BCUT2D eigenvalue weighted by atomic mass is 10.1. The molecule has 3 aromatic rings. The predicted octanol–water partition coefficient (Wildman–Crippen LogP) is 2.94. The van der Waals surface area contributed by atoms with Crippen LogP contribution in [0.15, 0.2) is 48.7 Å². The topological polar surface area (TPSA) is 56.5 Å². The molecule has 2 aromatic carbocycles. The van der Waals surface area contributed by atoms with Gasteiger partial charge in [-0.1, -0.05) is 0 Å². The monoisotopic (exact) mass is 326 g/mol. The molecule has 5 nitrogen and oxygen atoms in total. The zero-order valence-electron chi connectivity index (χ0n) is 12.8. The molecule has 0 fully saturated rings. The van der Waals surface area contributed by atoms with Gasteiger partial charge in [0.2, 0.25) is 0 Å². The number of aliphatic hydroxyl groups is 1. The molecule has 1 N–H and O–H groups in total. The van der Waals surface area contributed by atoms with Crippen molar-refractivity contribution >= 4 is 0 Å². The van der Waals surface area contributed by atoms with Gasteiger partial charge in [-0.3, -0.25) is 0 Å². The zero-order valence-corrected chi connectivity index (χ0v) is 12.8. The summed E-state index contributed by atoms with van der Waals surface area (Å²) in [6, 6.07) is 11.6. The SMILES string of the molecule is OCc1cn(-c2ccc(F)cc2)nc1-c1ccc2c(c1)OCCO2. The highest BCUT2D eigenvalue weighted by Crippen LogP contribution is 2.35. The van der Waals surface area contributed by atoms with E-state index in [1.807, 2.05) is 18.2 Å². The summed E-state index contributed by atoms with van der Waals surface area (Å²) >= 11 is 0. The quantitative estimate of drug-likeness (QED) is 0.804. The lowest BCUT2D eigenvalue weighted by molar-refractivity contribution is 0.171. The van der Waals surface area contributed by atoms with E-state index in [9.17, 15) is 9.50 Å². The molecule has 6 heteroatoms. The van der Waals surface area contributed by atoms with Crippen molar-refractivity contribution in [2.75, 3.05) is 13.2 Å². The summed E-state index contributed by atoms with van der Waals surface area (Å²) in [4.78, 5) is 0. The third-order valence-corrected chi connectivity index (χ3v) is 3.87. The van der Waals surface area contributed by atoms with Crippen molar-refractivity contribution in [2.45, 2.75) is 6.61 Å². The molecule has 0 spiro atoms. The van der Waals surface area contributed by atoms with E-state index in [-0.39, 0.29) is 12.4 Å². The summed E-state index contributed by atoms with van der Waals surface area (Å²) in [5, 5.41) is 14.2. The van der Waals surface area contributed by atoms with Crippen LogP contribution in [0.5, 0.6) is 11.5 Å². The fraction of sp³-hybridized carbons (Fsp3) is 0.167. The van der Waals surface area contributed by atoms with Gasteiger partial charge in [0, 0.05) is 17.3 Å². The molecule has 2 heterocycles. The average molecular weight is 326 g/mol. The van der Waals surface area contributed by atoms with Crippen molar-refractivity contribution in [1.29, 1.82) is 0 Å². The van der Waals surface area contributed by atoms with Crippen molar-refractivity contribution in [3.05, 3.63) is 60.0 Å². The highest BCUT2D eigenvalue weighted by atomic mass is 19.1. The second-order valence-electron chi connectivity index (χ2n) is 5.44. The van der Waals surface area contributed by atoms with E-state index in [0.717, 1.165) is 11.3 Å². The van der Waals surface area contributed by atoms with Gasteiger partial charge in [-0.25, -0.2) is 9.07 Å². The van der Waals surface area contributed by atoms with Crippen LogP contribution in [-0.2, 0) is 6.61 Å². The number of aromatic nitrogens is 2. The van der Waals surface area contributed by atoms with Gasteiger partial charge in [0.1, 0.15) is 19.0 Å². The Hall–Kier alpha value is -2.86. The van der Waals surface area contributed by atoms with Crippen LogP contribution >= 0.6 is 0 Å². The number of fused-ring (bicyclic) bond motifs is 1. The summed E-state index contributed by atoms with van der Waals surface area (Å²) in [5.74, 6) is 1.06. The highest BCUT2D eigenvalue weighted by molar-refractivity contribution is 5.67. The molecule has 1 aliphatic rings. The second-order valence-corrected chi connectivity index (χ2v) is 5.44. The number of benzene rings is 2. The molecule has 0 bridgehead atoms. The first-order valence-corrected chi connectivity index (χ1v) is 7.60. The Kier molecular flexibility index (Phi) is 3.66. The largest absolute Gasteiger partial charge is 0.486 e. The van der Waals surface area contributed by atoms with Crippen LogP contribution in [0, 0.1) is 5.82 Å². The summed E-state index contributed by atoms with van der Waals surface area (Å²) < 4.78 is 25.8. The van der Waals surface area contributed by atoms with Crippen LogP contribution in [0.4, 0.5) is 4.39 Å². The van der Waals surface area contributed by atoms with E-state index in [0.29, 0.717) is 36.0 Å². The fourth-order valence-corrected chi connectivity index (χ4v) is 2.69. The number of rotatable bonds is 3. The van der Waals surface area contributed by atoms with Gasteiger partial charge in [0.15, 0.2) is 11.5 Å². The molecule has 0 unspecified atom stereocenters. The predicted molar refractivity (Wildman–Crippen MR) is 85.9 cm³/mol. The summed E-state index contributed by atoms with van der Waals surface area (Å²) in [7, 11) is 0. The smallest absolute Gasteiger partial charge is 0.162 e. The molecule has 0 saturated carbocycles. The van der Waals surface area contributed by atoms with E-state index >= 15 is 0 Å². The number of ether oxygens (including phenoxy) is 2. The first-order valence-electron chi connectivity index (χ1n) is 7.60. The van der Waals surface area contributed by atoms with E-state index in [1.54, 1.807) is 23.0 Å². The molecule has 24 heavy (non-hydrogen) atoms. The molecule has 0 aliphatic carbocycles. The summed E-state index contributed by atoms with van der Waals surface area (Å²) in [6.45, 7) is 0.895. The summed E-state index contributed by atoms with van der Waals surface area (Å²) in [6.07, 6.45) is 1.74. The number of nitrogens with zero attached hydrogens (tertiary/aromatic N) is 2. The number of hydrogen-bond donors (Lipinski definition) is 1. The third-order valence-electron chi connectivity index (χ3n) is 3.87. The van der Waals surface area contributed by atoms with Gasteiger partial charge in [0.25, 0.3) is 0 Å². The van der Waals surface area contributed by atoms with Gasteiger partial charge in [-0.2, -0.15) is 5.10 Å². The molecular formula is C18H15FN2O3. The molecule has 1 aliphatic heterocycles. The van der Waals surface area contributed by atoms with Gasteiger partial charge >= 0.3 is 0 Å². The standard InChI is InChI=1S/C18H15FN2O3/c19-14-2-4-15(5-3-14)21-10-13(11-22)18(20-21)12-1-6-16-17(9-12)24-8-7-23-16/h1-6,9-10,22H,7-8,11H2. The fourth-order valence-electron chi connectivity index (χ4n) is 2.69. The van der Waals surface area contributed by atoms with Crippen molar-refractivity contribution < 1.29 is 19.0 Å². The van der Waals surface area contributed by atoms with Crippen LogP contribution in [0.1, 0.15) is 5.56 Å². The molecule has 122 valence electrons. The van der Waals surface area contributed by atoms with Gasteiger partial charge < -0.3 is 14.6 Å². The van der Waals surface area contributed by atoms with Crippen LogP contribution in [0.2, 0.25) is 0 Å². The third kappa shape index (κ3) is 2.61. The average Bonchev–Trinajstić information content (AvgIpc) is 3.06. The number of hydrogen-bond acceptors (Lipinski definition) is 4. The highest BCUT2D eigenvalue weighted by Gasteiger charge is 2.16. The van der Waals surface area contributed by atoms with Crippen LogP contribution < -0.4 is 9.47 Å². The van der Waals surface area contributed by atoms with Crippen molar-refractivity contribution in [3.8, 4) is 28.4 Å². The van der Waals surface area contributed by atoms with E-state index in [2.05, 4.69) is 5.10 Å². The Balaban J connectivity index is 1.76. The van der Waals surface area contributed by atoms with Crippen LogP contribution in [-0.4, -0.2) is 28.1 Å². The van der Waals surface area contributed by atoms with Gasteiger partial charge in [0.05, 0.1) is 18.0 Å². The van der Waals surface area contributed by atoms with Gasteiger partial charge in [-0.15, -0.1) is 0 Å². The first kappa shape index (κ1) is 14.7. The molecule has 4 rings (SSSR count). The molecule has 0 atom stereocenters. The Morgan fingerprint density at radius 2 is 1.79 bits per heavy atom. The van der Waals surface area contributed by atoms with Crippen LogP contribution in [0.3, 0.4) is 0 Å². The lowest BCUT2D eigenvalue weighted by Gasteiger charge is -2.18. The Morgan fingerprint density at radius 1 is 1.04 bits per heavy atom. The van der Waals surface area contributed by atoms with Gasteiger partial charge in [-0.05, 0) is 42.5 Å². The Labute approximate surface area is 137 Å². The minimum Gasteiger partial charge on any atom is -0.486 e. The maximum absolute atomic E-state index is 13.1. The maximum atomic E-state index is 13.1. The molecular weight excluding hydrogens is 311 g/mol. The van der Waals surface area contributed by atoms with E-state index in [4.69, 9.17) is 9.47 Å². The zero-order chi connectivity index (χ0) is 16.5. The van der Waals surface area contributed by atoms with E-state index < -0.39 is 0 Å². The van der Waals surface area contributed by atoms with Crippen molar-refractivity contribution in [3.63, 3.8) is 0 Å². The second kappa shape index (κ2) is 5.98. The lowest BCUT2D eigenvalue weighted by Crippen LogP contribution is -2.15. The molecule has 1 aromatic heterocycles. The molecule has 0 radical (unpaired) electrons. The maximum Gasteiger partial charge on any atom is 0.162 e. The molecule has 0 amide bonds. The Morgan fingerprint density at radius 3 is 2.54 bits per heavy atom. The van der Waals surface area contributed by atoms with Crippen molar-refractivity contribution in [2.24, 2.45) is 0 Å². The van der Waals surface area contributed by atoms with Crippen molar-refractivity contribution in [1.82, 2.24) is 9.78 Å². The van der Waals surface area contributed by atoms with Crippen LogP contribution in [0.25, 0.3) is 16.9 Å².